The molecule has 1 heterocycles. The van der Waals surface area contributed by atoms with Gasteiger partial charge < -0.3 is 19.6 Å². The van der Waals surface area contributed by atoms with E-state index in [4.69, 9.17) is 0 Å². The Morgan fingerprint density at radius 1 is 0.880 bits per heavy atom. The summed E-state index contributed by atoms with van der Waals surface area (Å²) in [5.74, 6) is -0.212. The van der Waals surface area contributed by atoms with Crippen molar-refractivity contribution in [2.24, 2.45) is 0 Å². The third kappa shape index (κ3) is 3.74. The van der Waals surface area contributed by atoms with Gasteiger partial charge in [0.2, 0.25) is 0 Å². The van der Waals surface area contributed by atoms with Crippen LogP contribution in [-0.4, -0.2) is 55.2 Å². The van der Waals surface area contributed by atoms with Gasteiger partial charge in [0.15, 0.2) is 0 Å². The Balaban J connectivity index is 1.61. The molecule has 2 aromatic rings. The minimum absolute atomic E-state index is 0.0400. The van der Waals surface area contributed by atoms with E-state index in [-0.39, 0.29) is 11.7 Å². The van der Waals surface area contributed by atoms with Gasteiger partial charge in [-0.1, -0.05) is 0 Å². The molecule has 1 aliphatic heterocycles. The number of phenolic OH excluding ortho intramolecular Hbond substituents is 1. The number of esters is 1. The van der Waals surface area contributed by atoms with E-state index in [1.807, 2.05) is 17.0 Å². The van der Waals surface area contributed by atoms with Crippen molar-refractivity contribution in [3.8, 4) is 5.75 Å². The molecule has 0 bridgehead atoms. The zero-order valence-corrected chi connectivity index (χ0v) is 14.0. The summed E-state index contributed by atoms with van der Waals surface area (Å²) >= 11 is 0. The summed E-state index contributed by atoms with van der Waals surface area (Å²) < 4.78 is 4.66. The Kier molecular flexibility index (Phi) is 4.88. The number of benzene rings is 2. The van der Waals surface area contributed by atoms with E-state index >= 15 is 0 Å². The SMILES string of the molecule is COC(=O)c1ccc(C(=O)N2CCN(c3ccc(O)cc3)CC2)cc1. The Bertz CT molecular complexity index is 748. The minimum atomic E-state index is -0.415. The van der Waals surface area contributed by atoms with Crippen molar-refractivity contribution in [1.82, 2.24) is 4.90 Å². The van der Waals surface area contributed by atoms with Gasteiger partial charge in [-0.25, -0.2) is 4.79 Å². The van der Waals surface area contributed by atoms with Crippen LogP contribution in [-0.2, 0) is 4.74 Å². The largest absolute Gasteiger partial charge is 0.508 e. The molecule has 1 amide bonds. The van der Waals surface area contributed by atoms with E-state index in [9.17, 15) is 14.7 Å². The average Bonchev–Trinajstić information content (AvgIpc) is 2.67. The Morgan fingerprint density at radius 2 is 1.44 bits per heavy atom. The fourth-order valence-electron chi connectivity index (χ4n) is 2.88. The Morgan fingerprint density at radius 3 is 2.00 bits per heavy atom. The van der Waals surface area contributed by atoms with E-state index < -0.39 is 5.97 Å². The second-order valence-electron chi connectivity index (χ2n) is 5.86. The van der Waals surface area contributed by atoms with E-state index in [0.29, 0.717) is 24.2 Å². The minimum Gasteiger partial charge on any atom is -0.508 e. The lowest BCUT2D eigenvalue weighted by atomic mass is 10.1. The predicted molar refractivity (Wildman–Crippen MR) is 94.0 cm³/mol. The zero-order chi connectivity index (χ0) is 17.8. The quantitative estimate of drug-likeness (QED) is 0.867. The number of phenols is 1. The molecular formula is C19H20N2O4. The maximum Gasteiger partial charge on any atom is 0.337 e. The van der Waals surface area contributed by atoms with Gasteiger partial charge in [-0.3, -0.25) is 4.79 Å². The maximum absolute atomic E-state index is 12.6. The molecular weight excluding hydrogens is 320 g/mol. The molecule has 0 spiro atoms. The zero-order valence-electron chi connectivity index (χ0n) is 14.0. The third-order valence-electron chi connectivity index (χ3n) is 4.33. The molecule has 1 aliphatic rings. The summed E-state index contributed by atoms with van der Waals surface area (Å²) in [7, 11) is 1.33. The molecule has 0 aliphatic carbocycles. The summed E-state index contributed by atoms with van der Waals surface area (Å²) in [6.45, 7) is 2.71. The van der Waals surface area contributed by atoms with Crippen LogP contribution in [0.1, 0.15) is 20.7 Å². The molecule has 1 N–H and O–H groups in total. The number of ether oxygens (including phenoxy) is 1. The Labute approximate surface area is 146 Å². The summed E-state index contributed by atoms with van der Waals surface area (Å²) in [4.78, 5) is 28.0. The van der Waals surface area contributed by atoms with Crippen LogP contribution in [0.25, 0.3) is 0 Å². The van der Waals surface area contributed by atoms with Gasteiger partial charge in [0.05, 0.1) is 12.7 Å². The molecule has 0 aromatic heterocycles. The van der Waals surface area contributed by atoms with Crippen molar-refractivity contribution in [3.63, 3.8) is 0 Å². The molecule has 1 fully saturated rings. The van der Waals surface area contributed by atoms with Crippen molar-refractivity contribution >= 4 is 17.6 Å². The lowest BCUT2D eigenvalue weighted by Gasteiger charge is -2.36. The first-order valence-corrected chi connectivity index (χ1v) is 8.10. The fourth-order valence-corrected chi connectivity index (χ4v) is 2.88. The van der Waals surface area contributed by atoms with Crippen molar-refractivity contribution in [2.45, 2.75) is 0 Å². The molecule has 130 valence electrons. The monoisotopic (exact) mass is 340 g/mol. The number of hydrogen-bond acceptors (Lipinski definition) is 5. The van der Waals surface area contributed by atoms with Gasteiger partial charge in [0, 0.05) is 37.4 Å². The topological polar surface area (TPSA) is 70.1 Å². The lowest BCUT2D eigenvalue weighted by molar-refractivity contribution is 0.0599. The summed E-state index contributed by atoms with van der Waals surface area (Å²) in [5.41, 5.74) is 2.02. The molecule has 0 radical (unpaired) electrons. The van der Waals surface area contributed by atoms with Crippen LogP contribution in [0.3, 0.4) is 0 Å². The van der Waals surface area contributed by atoms with Crippen LogP contribution in [0.2, 0.25) is 0 Å². The van der Waals surface area contributed by atoms with E-state index in [1.165, 1.54) is 7.11 Å². The third-order valence-corrected chi connectivity index (χ3v) is 4.33. The van der Waals surface area contributed by atoms with Gasteiger partial charge in [0.1, 0.15) is 5.75 Å². The molecule has 2 aromatic carbocycles. The number of rotatable bonds is 3. The molecule has 1 saturated heterocycles. The molecule has 3 rings (SSSR count). The highest BCUT2D eigenvalue weighted by molar-refractivity contribution is 5.96. The number of methoxy groups -OCH3 is 1. The number of hydrogen-bond donors (Lipinski definition) is 1. The fraction of sp³-hybridized carbons (Fsp3) is 0.263. The number of anilines is 1. The number of amides is 1. The second kappa shape index (κ2) is 7.25. The molecule has 0 saturated carbocycles. The average molecular weight is 340 g/mol. The van der Waals surface area contributed by atoms with Gasteiger partial charge in [0.25, 0.3) is 5.91 Å². The maximum atomic E-state index is 12.6. The number of carbonyl (C=O) groups is 2. The van der Waals surface area contributed by atoms with Crippen LogP contribution in [0.5, 0.6) is 5.75 Å². The highest BCUT2D eigenvalue weighted by Crippen LogP contribution is 2.20. The van der Waals surface area contributed by atoms with Crippen molar-refractivity contribution in [2.75, 3.05) is 38.2 Å². The first-order chi connectivity index (χ1) is 12.1. The molecule has 6 heteroatoms. The predicted octanol–water partition coefficient (Wildman–Crippen LogP) is 2.14. The van der Waals surface area contributed by atoms with Gasteiger partial charge in [-0.05, 0) is 48.5 Å². The van der Waals surface area contributed by atoms with E-state index in [2.05, 4.69) is 9.64 Å². The van der Waals surface area contributed by atoms with E-state index in [0.717, 1.165) is 18.8 Å². The number of carbonyl (C=O) groups excluding carboxylic acids is 2. The molecule has 0 unspecified atom stereocenters. The highest BCUT2D eigenvalue weighted by Gasteiger charge is 2.22. The normalized spacial score (nSPS) is 14.3. The Hall–Kier alpha value is -3.02. The number of piperazine rings is 1. The molecule has 6 nitrogen and oxygen atoms in total. The van der Waals surface area contributed by atoms with Gasteiger partial charge >= 0.3 is 5.97 Å². The second-order valence-corrected chi connectivity index (χ2v) is 5.86. The summed E-state index contributed by atoms with van der Waals surface area (Å²) in [5, 5.41) is 9.37. The van der Waals surface area contributed by atoms with Crippen LogP contribution < -0.4 is 4.90 Å². The van der Waals surface area contributed by atoms with E-state index in [1.54, 1.807) is 36.4 Å². The van der Waals surface area contributed by atoms with Crippen LogP contribution >= 0.6 is 0 Å². The first-order valence-electron chi connectivity index (χ1n) is 8.10. The van der Waals surface area contributed by atoms with Crippen molar-refractivity contribution in [3.05, 3.63) is 59.7 Å². The lowest BCUT2D eigenvalue weighted by Crippen LogP contribution is -2.48. The number of nitrogens with zero attached hydrogens (tertiary/aromatic N) is 2. The summed E-state index contributed by atoms with van der Waals surface area (Å²) in [6.07, 6.45) is 0. The highest BCUT2D eigenvalue weighted by atomic mass is 16.5. The van der Waals surface area contributed by atoms with Crippen LogP contribution in [0.15, 0.2) is 48.5 Å². The van der Waals surface area contributed by atoms with Gasteiger partial charge in [-0.2, -0.15) is 0 Å². The smallest absolute Gasteiger partial charge is 0.337 e. The number of aromatic hydroxyl groups is 1. The van der Waals surface area contributed by atoms with Crippen molar-refractivity contribution in [1.29, 1.82) is 0 Å². The molecule has 0 atom stereocenters. The van der Waals surface area contributed by atoms with Gasteiger partial charge in [-0.15, -0.1) is 0 Å². The molecule has 25 heavy (non-hydrogen) atoms. The first kappa shape index (κ1) is 16.8. The summed E-state index contributed by atoms with van der Waals surface area (Å²) in [6, 6.07) is 13.6. The van der Waals surface area contributed by atoms with Crippen molar-refractivity contribution < 1.29 is 19.4 Å². The van der Waals surface area contributed by atoms with Crippen LogP contribution in [0, 0.1) is 0 Å². The van der Waals surface area contributed by atoms with Crippen LogP contribution in [0.4, 0.5) is 5.69 Å². The standard InChI is InChI=1S/C19H20N2O4/c1-25-19(24)15-4-2-14(3-5-15)18(23)21-12-10-20(11-13-21)16-6-8-17(22)9-7-16/h2-9,22H,10-13H2,1H3.